The molecule has 18 heavy (non-hydrogen) atoms. The zero-order valence-electron chi connectivity index (χ0n) is 12.4. The Kier molecular flexibility index (Phi) is 6.27. The number of nitrogens with zero attached hydrogens (tertiary/aromatic N) is 2. The van der Waals surface area contributed by atoms with Gasteiger partial charge in [0.2, 0.25) is 0 Å². The van der Waals surface area contributed by atoms with Crippen molar-refractivity contribution in [1.82, 2.24) is 15.3 Å². The van der Waals surface area contributed by atoms with Crippen molar-refractivity contribution in [2.24, 2.45) is 5.92 Å². The van der Waals surface area contributed by atoms with E-state index in [9.17, 15) is 0 Å². The molecule has 0 saturated heterocycles. The van der Waals surface area contributed by atoms with Gasteiger partial charge in [-0.3, -0.25) is 0 Å². The van der Waals surface area contributed by atoms with Gasteiger partial charge >= 0.3 is 0 Å². The van der Waals surface area contributed by atoms with Gasteiger partial charge in [0, 0.05) is 23.9 Å². The van der Waals surface area contributed by atoms with E-state index in [0.29, 0.717) is 17.9 Å². The highest BCUT2D eigenvalue weighted by Gasteiger charge is 2.14. The number of aromatic nitrogens is 2. The van der Waals surface area contributed by atoms with Crippen LogP contribution in [0.3, 0.4) is 0 Å². The minimum Gasteiger partial charge on any atom is -0.313 e. The summed E-state index contributed by atoms with van der Waals surface area (Å²) in [4.78, 5) is 8.72. The van der Waals surface area contributed by atoms with Crippen LogP contribution in [0.5, 0.6) is 0 Å². The maximum Gasteiger partial charge on any atom is 0.115 e. The summed E-state index contributed by atoms with van der Waals surface area (Å²) in [5.41, 5.74) is 2.29. The molecule has 0 aliphatic carbocycles. The molecule has 3 heteroatoms. The van der Waals surface area contributed by atoms with Crippen LogP contribution in [0.25, 0.3) is 0 Å². The van der Waals surface area contributed by atoms with E-state index in [2.05, 4.69) is 56.0 Å². The predicted octanol–water partition coefficient (Wildman–Crippen LogP) is 3.17. The number of rotatable bonds is 7. The van der Waals surface area contributed by atoms with Crippen molar-refractivity contribution in [3.63, 3.8) is 0 Å². The molecule has 1 aromatic rings. The van der Waals surface area contributed by atoms with Crippen LogP contribution in [0, 0.1) is 5.92 Å². The molecule has 0 amide bonds. The second-order valence-electron chi connectivity index (χ2n) is 5.60. The SMILES string of the molecule is CCCNC(Cc1cc(C(C)C)ncn1)C(C)C. The fourth-order valence-corrected chi connectivity index (χ4v) is 1.94. The smallest absolute Gasteiger partial charge is 0.115 e. The van der Waals surface area contributed by atoms with Crippen LogP contribution in [0.1, 0.15) is 58.3 Å². The lowest BCUT2D eigenvalue weighted by Gasteiger charge is -2.22. The summed E-state index contributed by atoms with van der Waals surface area (Å²) >= 11 is 0. The molecule has 1 N–H and O–H groups in total. The van der Waals surface area contributed by atoms with Crippen LogP contribution in [0.2, 0.25) is 0 Å². The molecule has 0 fully saturated rings. The summed E-state index contributed by atoms with van der Waals surface area (Å²) in [6.07, 6.45) is 3.85. The molecule has 0 aliphatic rings. The lowest BCUT2D eigenvalue weighted by molar-refractivity contribution is 0.394. The van der Waals surface area contributed by atoms with Gasteiger partial charge in [0.15, 0.2) is 0 Å². The Morgan fingerprint density at radius 1 is 1.17 bits per heavy atom. The zero-order chi connectivity index (χ0) is 13.5. The van der Waals surface area contributed by atoms with E-state index in [4.69, 9.17) is 0 Å². The number of hydrogen-bond acceptors (Lipinski definition) is 3. The fraction of sp³-hybridized carbons (Fsp3) is 0.733. The third-order valence-electron chi connectivity index (χ3n) is 3.23. The van der Waals surface area contributed by atoms with Gasteiger partial charge in [-0.2, -0.15) is 0 Å². The van der Waals surface area contributed by atoms with Crippen LogP contribution < -0.4 is 5.32 Å². The van der Waals surface area contributed by atoms with Crippen molar-refractivity contribution in [3.8, 4) is 0 Å². The number of hydrogen-bond donors (Lipinski definition) is 1. The minimum absolute atomic E-state index is 0.466. The van der Waals surface area contributed by atoms with Crippen molar-refractivity contribution in [1.29, 1.82) is 0 Å². The molecule has 1 atom stereocenters. The van der Waals surface area contributed by atoms with Crippen LogP contribution in [-0.4, -0.2) is 22.6 Å². The van der Waals surface area contributed by atoms with E-state index in [-0.39, 0.29) is 0 Å². The van der Waals surface area contributed by atoms with E-state index >= 15 is 0 Å². The van der Waals surface area contributed by atoms with Crippen LogP contribution in [0.15, 0.2) is 12.4 Å². The molecule has 102 valence electrons. The molecular formula is C15H27N3. The molecule has 0 spiro atoms. The maximum atomic E-state index is 4.40. The highest BCUT2D eigenvalue weighted by Crippen LogP contribution is 2.14. The van der Waals surface area contributed by atoms with Gasteiger partial charge in [-0.1, -0.05) is 34.6 Å². The highest BCUT2D eigenvalue weighted by atomic mass is 14.9. The quantitative estimate of drug-likeness (QED) is 0.806. The first-order valence-electron chi connectivity index (χ1n) is 7.08. The van der Waals surface area contributed by atoms with Gasteiger partial charge in [0.25, 0.3) is 0 Å². The first kappa shape index (κ1) is 15.1. The Bertz CT molecular complexity index is 347. The molecule has 0 aliphatic heterocycles. The molecule has 1 aromatic heterocycles. The van der Waals surface area contributed by atoms with Crippen LogP contribution >= 0.6 is 0 Å². The van der Waals surface area contributed by atoms with Crippen molar-refractivity contribution in [2.45, 2.75) is 59.4 Å². The summed E-state index contributed by atoms with van der Waals surface area (Å²) in [5.74, 6) is 1.09. The third-order valence-corrected chi connectivity index (χ3v) is 3.23. The van der Waals surface area contributed by atoms with E-state index in [0.717, 1.165) is 24.4 Å². The van der Waals surface area contributed by atoms with Gasteiger partial charge in [-0.25, -0.2) is 9.97 Å². The molecule has 3 nitrogen and oxygen atoms in total. The largest absolute Gasteiger partial charge is 0.313 e. The molecule has 0 saturated carbocycles. The Balaban J connectivity index is 2.70. The lowest BCUT2D eigenvalue weighted by atomic mass is 9.98. The molecular weight excluding hydrogens is 222 g/mol. The van der Waals surface area contributed by atoms with Crippen molar-refractivity contribution >= 4 is 0 Å². The van der Waals surface area contributed by atoms with E-state index in [1.165, 1.54) is 6.42 Å². The molecule has 0 aromatic carbocycles. The Morgan fingerprint density at radius 3 is 2.44 bits per heavy atom. The van der Waals surface area contributed by atoms with Crippen molar-refractivity contribution in [2.75, 3.05) is 6.54 Å². The second-order valence-corrected chi connectivity index (χ2v) is 5.60. The van der Waals surface area contributed by atoms with Gasteiger partial charge in [0.1, 0.15) is 6.33 Å². The standard InChI is InChI=1S/C15H27N3/c1-6-7-16-14(11(2)3)8-13-9-15(12(4)5)18-10-17-13/h9-12,14,16H,6-8H2,1-5H3. The van der Waals surface area contributed by atoms with Crippen molar-refractivity contribution < 1.29 is 0 Å². The molecule has 0 radical (unpaired) electrons. The summed E-state index contributed by atoms with van der Waals surface area (Å²) in [6, 6.07) is 2.65. The minimum atomic E-state index is 0.466. The third kappa shape index (κ3) is 4.73. The summed E-state index contributed by atoms with van der Waals surface area (Å²) in [6.45, 7) is 12.1. The van der Waals surface area contributed by atoms with Crippen molar-refractivity contribution in [3.05, 3.63) is 23.8 Å². The monoisotopic (exact) mass is 249 g/mol. The van der Waals surface area contributed by atoms with Gasteiger partial charge < -0.3 is 5.32 Å². The molecule has 1 heterocycles. The Morgan fingerprint density at radius 2 is 1.89 bits per heavy atom. The first-order chi connectivity index (χ1) is 8.54. The van der Waals surface area contributed by atoms with E-state index in [1.807, 2.05) is 0 Å². The zero-order valence-corrected chi connectivity index (χ0v) is 12.4. The fourth-order valence-electron chi connectivity index (χ4n) is 1.94. The van der Waals surface area contributed by atoms with E-state index < -0.39 is 0 Å². The average Bonchev–Trinajstić information content (AvgIpc) is 2.34. The predicted molar refractivity (Wildman–Crippen MR) is 76.7 cm³/mol. The molecule has 1 unspecified atom stereocenters. The highest BCUT2D eigenvalue weighted by molar-refractivity contribution is 5.12. The summed E-state index contributed by atoms with van der Waals surface area (Å²) in [7, 11) is 0. The van der Waals surface area contributed by atoms with Gasteiger partial charge in [-0.05, 0) is 30.9 Å². The molecule has 1 rings (SSSR count). The number of nitrogens with one attached hydrogen (secondary N) is 1. The lowest BCUT2D eigenvalue weighted by Crippen LogP contribution is -2.36. The normalized spacial score (nSPS) is 13.3. The average molecular weight is 249 g/mol. The maximum absolute atomic E-state index is 4.40. The first-order valence-corrected chi connectivity index (χ1v) is 7.08. The van der Waals surface area contributed by atoms with Crippen LogP contribution in [-0.2, 0) is 6.42 Å². The van der Waals surface area contributed by atoms with Gasteiger partial charge in [-0.15, -0.1) is 0 Å². The second kappa shape index (κ2) is 7.47. The van der Waals surface area contributed by atoms with Gasteiger partial charge in [0.05, 0.1) is 0 Å². The summed E-state index contributed by atoms with van der Waals surface area (Å²) in [5, 5.41) is 3.61. The van der Waals surface area contributed by atoms with Crippen LogP contribution in [0.4, 0.5) is 0 Å². The summed E-state index contributed by atoms with van der Waals surface area (Å²) < 4.78 is 0. The molecule has 0 bridgehead atoms. The Labute approximate surface area is 111 Å². The Hall–Kier alpha value is -0.960. The topological polar surface area (TPSA) is 37.8 Å². The van der Waals surface area contributed by atoms with E-state index in [1.54, 1.807) is 6.33 Å².